The maximum Gasteiger partial charge on any atom is 0.0276 e. The van der Waals surface area contributed by atoms with E-state index >= 15 is 0 Å². The molecule has 1 fully saturated rings. The molecule has 0 aromatic carbocycles. The van der Waals surface area contributed by atoms with Gasteiger partial charge < -0.3 is 0 Å². The summed E-state index contributed by atoms with van der Waals surface area (Å²) in [7, 11) is 1.91. The van der Waals surface area contributed by atoms with Gasteiger partial charge in [0, 0.05) is 12.8 Å². The van der Waals surface area contributed by atoms with Crippen LogP contribution >= 0.6 is 0 Å². The standard InChI is InChI=1S/C8H15N/c1-6-4-5-8(9-3)7(6)2/h6-7H,4-5H2,1-3H3. The molecule has 2 atom stereocenters. The summed E-state index contributed by atoms with van der Waals surface area (Å²) in [4.78, 5) is 4.24. The first-order valence-corrected chi connectivity index (χ1v) is 3.71. The zero-order chi connectivity index (χ0) is 6.85. The van der Waals surface area contributed by atoms with Crippen LogP contribution in [-0.4, -0.2) is 12.8 Å². The van der Waals surface area contributed by atoms with Crippen molar-refractivity contribution in [3.8, 4) is 0 Å². The summed E-state index contributed by atoms with van der Waals surface area (Å²) in [5.74, 6) is 1.61. The van der Waals surface area contributed by atoms with Gasteiger partial charge in [-0.3, -0.25) is 4.99 Å². The molecule has 9 heavy (non-hydrogen) atoms. The molecule has 1 rings (SSSR count). The summed E-state index contributed by atoms with van der Waals surface area (Å²) in [6.07, 6.45) is 2.58. The Morgan fingerprint density at radius 3 is 2.33 bits per heavy atom. The van der Waals surface area contributed by atoms with Crippen LogP contribution in [0.25, 0.3) is 0 Å². The third-order valence-electron chi connectivity index (χ3n) is 2.52. The monoisotopic (exact) mass is 125 g/mol. The summed E-state index contributed by atoms with van der Waals surface area (Å²) in [5, 5.41) is 0. The van der Waals surface area contributed by atoms with Crippen LogP contribution in [0.5, 0.6) is 0 Å². The van der Waals surface area contributed by atoms with Gasteiger partial charge in [-0.15, -0.1) is 0 Å². The quantitative estimate of drug-likeness (QED) is 0.470. The average molecular weight is 125 g/mol. The number of aliphatic imine (C=N–C) groups is 1. The molecule has 2 unspecified atom stereocenters. The van der Waals surface area contributed by atoms with Crippen LogP contribution in [0.4, 0.5) is 0 Å². The van der Waals surface area contributed by atoms with Gasteiger partial charge in [0.25, 0.3) is 0 Å². The van der Waals surface area contributed by atoms with E-state index < -0.39 is 0 Å². The molecule has 0 saturated heterocycles. The van der Waals surface area contributed by atoms with Gasteiger partial charge in [0.15, 0.2) is 0 Å². The van der Waals surface area contributed by atoms with Gasteiger partial charge in [0.2, 0.25) is 0 Å². The van der Waals surface area contributed by atoms with E-state index in [1.54, 1.807) is 0 Å². The molecule has 1 aliphatic carbocycles. The third-order valence-corrected chi connectivity index (χ3v) is 2.52. The molecular formula is C8H15N. The zero-order valence-electron chi connectivity index (χ0n) is 6.52. The largest absolute Gasteiger partial charge is 0.297 e. The highest BCUT2D eigenvalue weighted by molar-refractivity contribution is 5.88. The molecule has 52 valence electrons. The minimum Gasteiger partial charge on any atom is -0.297 e. The van der Waals surface area contributed by atoms with Gasteiger partial charge >= 0.3 is 0 Å². The molecule has 0 aromatic heterocycles. The molecule has 1 nitrogen and oxygen atoms in total. The lowest BCUT2D eigenvalue weighted by Gasteiger charge is -2.07. The number of rotatable bonds is 0. The third kappa shape index (κ3) is 1.15. The second-order valence-corrected chi connectivity index (χ2v) is 3.02. The van der Waals surface area contributed by atoms with Gasteiger partial charge in [0.1, 0.15) is 0 Å². The zero-order valence-corrected chi connectivity index (χ0v) is 6.52. The molecule has 1 aliphatic rings. The van der Waals surface area contributed by atoms with Crippen LogP contribution in [0, 0.1) is 11.8 Å². The topological polar surface area (TPSA) is 12.4 Å². The SMILES string of the molecule is CN=C1CCC(C)C1C. The van der Waals surface area contributed by atoms with Gasteiger partial charge in [0.05, 0.1) is 0 Å². The number of hydrogen-bond donors (Lipinski definition) is 0. The molecule has 0 N–H and O–H groups in total. The lowest BCUT2D eigenvalue weighted by Crippen LogP contribution is -2.07. The predicted molar refractivity (Wildman–Crippen MR) is 40.9 cm³/mol. The first kappa shape index (κ1) is 6.79. The van der Waals surface area contributed by atoms with Crippen LogP contribution in [0.2, 0.25) is 0 Å². The second-order valence-electron chi connectivity index (χ2n) is 3.02. The summed E-state index contributed by atoms with van der Waals surface area (Å²) >= 11 is 0. The maximum atomic E-state index is 4.24. The Morgan fingerprint density at radius 2 is 2.11 bits per heavy atom. The molecule has 0 amide bonds. The average Bonchev–Trinajstić information content (AvgIpc) is 2.15. The molecule has 0 heterocycles. The van der Waals surface area contributed by atoms with Crippen molar-refractivity contribution in [2.45, 2.75) is 26.7 Å². The number of nitrogens with zero attached hydrogens (tertiary/aromatic N) is 1. The lowest BCUT2D eigenvalue weighted by molar-refractivity contribution is 0.510. The van der Waals surface area contributed by atoms with E-state index in [2.05, 4.69) is 18.8 Å². The van der Waals surface area contributed by atoms with Crippen LogP contribution in [-0.2, 0) is 0 Å². The molecule has 0 aromatic rings. The van der Waals surface area contributed by atoms with E-state index in [1.807, 2.05) is 7.05 Å². The minimum atomic E-state index is 0.745. The van der Waals surface area contributed by atoms with Crippen molar-refractivity contribution < 1.29 is 0 Å². The fraction of sp³-hybridized carbons (Fsp3) is 0.875. The van der Waals surface area contributed by atoms with Crippen molar-refractivity contribution in [2.75, 3.05) is 7.05 Å². The normalized spacial score (nSPS) is 40.1. The van der Waals surface area contributed by atoms with Gasteiger partial charge in [-0.25, -0.2) is 0 Å². The highest BCUT2D eigenvalue weighted by atomic mass is 14.7. The molecule has 0 radical (unpaired) electrons. The van der Waals surface area contributed by atoms with Crippen molar-refractivity contribution in [2.24, 2.45) is 16.8 Å². The lowest BCUT2D eigenvalue weighted by atomic mass is 10.00. The Balaban J connectivity index is 2.62. The Hall–Kier alpha value is -0.330. The molecule has 0 aliphatic heterocycles. The summed E-state index contributed by atoms with van der Waals surface area (Å²) in [5.41, 5.74) is 1.42. The fourth-order valence-electron chi connectivity index (χ4n) is 1.50. The smallest absolute Gasteiger partial charge is 0.0276 e. The summed E-state index contributed by atoms with van der Waals surface area (Å²) in [6, 6.07) is 0. The van der Waals surface area contributed by atoms with Gasteiger partial charge in [-0.2, -0.15) is 0 Å². The van der Waals surface area contributed by atoms with Crippen LogP contribution in [0.15, 0.2) is 4.99 Å². The van der Waals surface area contributed by atoms with E-state index in [9.17, 15) is 0 Å². The molecule has 0 spiro atoms. The Kier molecular flexibility index (Phi) is 1.89. The van der Waals surface area contributed by atoms with E-state index in [-0.39, 0.29) is 0 Å². The Labute approximate surface area is 57.2 Å². The maximum absolute atomic E-state index is 4.24. The molecule has 0 bridgehead atoms. The van der Waals surface area contributed by atoms with Crippen molar-refractivity contribution >= 4 is 5.71 Å². The van der Waals surface area contributed by atoms with E-state index in [4.69, 9.17) is 0 Å². The van der Waals surface area contributed by atoms with Crippen LogP contribution < -0.4 is 0 Å². The highest BCUT2D eigenvalue weighted by Crippen LogP contribution is 2.28. The van der Waals surface area contributed by atoms with Gasteiger partial charge in [-0.1, -0.05) is 13.8 Å². The Bertz CT molecular complexity index is 127. The van der Waals surface area contributed by atoms with E-state index in [0.29, 0.717) is 0 Å². The van der Waals surface area contributed by atoms with Crippen molar-refractivity contribution in [3.63, 3.8) is 0 Å². The van der Waals surface area contributed by atoms with Crippen molar-refractivity contribution in [1.29, 1.82) is 0 Å². The Morgan fingerprint density at radius 1 is 1.44 bits per heavy atom. The predicted octanol–water partition coefficient (Wildman–Crippen LogP) is 2.12. The fourth-order valence-corrected chi connectivity index (χ4v) is 1.50. The second kappa shape index (κ2) is 2.51. The highest BCUT2D eigenvalue weighted by Gasteiger charge is 2.24. The van der Waals surface area contributed by atoms with E-state index in [1.165, 1.54) is 18.6 Å². The summed E-state index contributed by atoms with van der Waals surface area (Å²) < 4.78 is 0. The molecule has 1 saturated carbocycles. The van der Waals surface area contributed by atoms with E-state index in [0.717, 1.165) is 11.8 Å². The van der Waals surface area contributed by atoms with Crippen LogP contribution in [0.1, 0.15) is 26.7 Å². The van der Waals surface area contributed by atoms with Crippen molar-refractivity contribution in [3.05, 3.63) is 0 Å². The number of hydrogen-bond acceptors (Lipinski definition) is 1. The minimum absolute atomic E-state index is 0.745. The molecular weight excluding hydrogens is 110 g/mol. The van der Waals surface area contributed by atoms with Gasteiger partial charge in [-0.05, 0) is 24.7 Å². The summed E-state index contributed by atoms with van der Waals surface area (Å²) in [6.45, 7) is 4.59. The van der Waals surface area contributed by atoms with Crippen LogP contribution in [0.3, 0.4) is 0 Å². The molecule has 1 heteroatoms. The first-order chi connectivity index (χ1) is 4.25. The van der Waals surface area contributed by atoms with Crippen molar-refractivity contribution in [1.82, 2.24) is 0 Å². The first-order valence-electron chi connectivity index (χ1n) is 3.71.